The minimum atomic E-state index is -0.327. The number of amides is 2. The molecule has 4 nitrogen and oxygen atoms in total. The molecule has 0 saturated carbocycles. The molecule has 0 unspecified atom stereocenters. The van der Waals surface area contributed by atoms with Crippen LogP contribution in [0.4, 0.5) is 0 Å². The van der Waals surface area contributed by atoms with Gasteiger partial charge >= 0.3 is 0 Å². The molecule has 0 aliphatic carbocycles. The minimum Gasteiger partial charge on any atom is -0.350 e. The van der Waals surface area contributed by atoms with Gasteiger partial charge in [-0.3, -0.25) is 9.59 Å². The first-order valence-electron chi connectivity index (χ1n) is 4.50. The van der Waals surface area contributed by atoms with Crippen LogP contribution < -0.4 is 10.6 Å². The van der Waals surface area contributed by atoms with E-state index in [1.807, 2.05) is 20.8 Å². The van der Waals surface area contributed by atoms with Gasteiger partial charge in [0.1, 0.15) is 6.04 Å². The van der Waals surface area contributed by atoms with E-state index in [1.165, 1.54) is 0 Å². The topological polar surface area (TPSA) is 58.2 Å². The van der Waals surface area contributed by atoms with Crippen LogP contribution in [-0.4, -0.2) is 23.4 Å². The second-order valence-electron chi connectivity index (χ2n) is 4.40. The molecule has 0 aromatic heterocycles. The maximum Gasteiger partial charge on any atom is 0.242 e. The number of carbonyl (C=O) groups is 2. The van der Waals surface area contributed by atoms with Crippen LogP contribution in [0.1, 0.15) is 33.6 Å². The summed E-state index contributed by atoms with van der Waals surface area (Å²) in [5.74, 6) is -0.118. The predicted octanol–water partition coefficient (Wildman–Crippen LogP) is 0.180. The molecule has 1 atom stereocenters. The summed E-state index contributed by atoms with van der Waals surface area (Å²) < 4.78 is 0. The summed E-state index contributed by atoms with van der Waals surface area (Å²) in [6.07, 6.45) is 1.07. The number of hydrogen-bond acceptors (Lipinski definition) is 2. The second-order valence-corrected chi connectivity index (χ2v) is 4.40. The van der Waals surface area contributed by atoms with E-state index in [9.17, 15) is 9.59 Å². The lowest BCUT2D eigenvalue weighted by atomic mass is 10.1. The highest BCUT2D eigenvalue weighted by atomic mass is 16.2. The molecule has 1 aliphatic heterocycles. The molecule has 1 fully saturated rings. The number of carbonyl (C=O) groups excluding carboxylic acids is 2. The third-order valence-electron chi connectivity index (χ3n) is 1.81. The monoisotopic (exact) mass is 184 g/mol. The van der Waals surface area contributed by atoms with Crippen LogP contribution in [0.3, 0.4) is 0 Å². The Labute approximate surface area is 78.1 Å². The fourth-order valence-electron chi connectivity index (χ4n) is 1.27. The minimum absolute atomic E-state index is 0.0333. The lowest BCUT2D eigenvalue weighted by Crippen LogP contribution is -2.49. The van der Waals surface area contributed by atoms with Crippen LogP contribution in [0.25, 0.3) is 0 Å². The molecule has 2 N–H and O–H groups in total. The summed E-state index contributed by atoms with van der Waals surface area (Å²) in [5.41, 5.74) is -0.232. The molecule has 0 aromatic rings. The zero-order valence-corrected chi connectivity index (χ0v) is 8.31. The Morgan fingerprint density at radius 1 is 1.54 bits per heavy atom. The summed E-state index contributed by atoms with van der Waals surface area (Å²) in [6.45, 7) is 5.75. The first kappa shape index (κ1) is 10.0. The van der Waals surface area contributed by atoms with Crippen LogP contribution >= 0.6 is 0 Å². The lowest BCUT2D eigenvalue weighted by Gasteiger charge is -2.22. The molecule has 0 radical (unpaired) electrons. The van der Waals surface area contributed by atoms with Gasteiger partial charge in [-0.2, -0.15) is 0 Å². The molecular formula is C9H16N2O2. The number of rotatable bonds is 1. The van der Waals surface area contributed by atoms with Crippen molar-refractivity contribution in [2.45, 2.75) is 45.2 Å². The molecule has 1 rings (SSSR count). The van der Waals surface area contributed by atoms with E-state index in [-0.39, 0.29) is 23.4 Å². The second kappa shape index (κ2) is 3.36. The number of hydrogen-bond donors (Lipinski definition) is 2. The fourth-order valence-corrected chi connectivity index (χ4v) is 1.27. The standard InChI is InChI=1S/C9H16N2O2/c1-9(2,3)11-8(13)6-4-5-7(12)10-6/h6H,4-5H2,1-3H3,(H,10,12)(H,11,13)/t6-/m0/s1. The molecule has 0 bridgehead atoms. The van der Waals surface area contributed by atoms with Crippen molar-refractivity contribution >= 4 is 11.8 Å². The lowest BCUT2D eigenvalue weighted by molar-refractivity contribution is -0.126. The van der Waals surface area contributed by atoms with Gasteiger partial charge in [0.05, 0.1) is 0 Å². The smallest absolute Gasteiger partial charge is 0.242 e. The Bertz CT molecular complexity index is 230. The van der Waals surface area contributed by atoms with E-state index in [1.54, 1.807) is 0 Å². The van der Waals surface area contributed by atoms with Gasteiger partial charge in [-0.1, -0.05) is 0 Å². The van der Waals surface area contributed by atoms with E-state index >= 15 is 0 Å². The summed E-state index contributed by atoms with van der Waals surface area (Å²) in [5, 5.41) is 5.45. The molecular weight excluding hydrogens is 168 g/mol. The quantitative estimate of drug-likeness (QED) is 0.610. The Morgan fingerprint density at radius 3 is 2.54 bits per heavy atom. The summed E-state index contributed by atoms with van der Waals surface area (Å²) in [6, 6.07) is -0.327. The highest BCUT2D eigenvalue weighted by Gasteiger charge is 2.28. The van der Waals surface area contributed by atoms with Gasteiger partial charge in [-0.15, -0.1) is 0 Å². The van der Waals surface area contributed by atoms with Gasteiger partial charge in [0.2, 0.25) is 11.8 Å². The van der Waals surface area contributed by atoms with Crippen molar-refractivity contribution in [3.05, 3.63) is 0 Å². The third-order valence-corrected chi connectivity index (χ3v) is 1.81. The molecule has 74 valence electrons. The zero-order valence-electron chi connectivity index (χ0n) is 8.31. The molecule has 4 heteroatoms. The maximum absolute atomic E-state index is 11.5. The maximum atomic E-state index is 11.5. The van der Waals surface area contributed by atoms with E-state index in [0.29, 0.717) is 12.8 Å². The summed E-state index contributed by atoms with van der Waals surface area (Å²) >= 11 is 0. The van der Waals surface area contributed by atoms with E-state index in [2.05, 4.69) is 10.6 Å². The van der Waals surface area contributed by atoms with Gasteiger partial charge < -0.3 is 10.6 Å². The largest absolute Gasteiger partial charge is 0.350 e. The molecule has 13 heavy (non-hydrogen) atoms. The van der Waals surface area contributed by atoms with Gasteiger partial charge in [-0.05, 0) is 27.2 Å². The Hall–Kier alpha value is -1.06. The van der Waals surface area contributed by atoms with Crippen LogP contribution in [0, 0.1) is 0 Å². The first-order valence-corrected chi connectivity index (χ1v) is 4.50. The first-order chi connectivity index (χ1) is 5.88. The Balaban J connectivity index is 2.45. The van der Waals surface area contributed by atoms with Crippen molar-refractivity contribution in [3.63, 3.8) is 0 Å². The highest BCUT2D eigenvalue weighted by molar-refractivity contribution is 5.91. The zero-order chi connectivity index (χ0) is 10.1. The molecule has 0 aromatic carbocycles. The van der Waals surface area contributed by atoms with E-state index < -0.39 is 0 Å². The molecule has 0 spiro atoms. The van der Waals surface area contributed by atoms with Crippen molar-refractivity contribution in [3.8, 4) is 0 Å². The summed E-state index contributed by atoms with van der Waals surface area (Å²) in [7, 11) is 0. The Morgan fingerprint density at radius 2 is 2.15 bits per heavy atom. The van der Waals surface area contributed by atoms with Gasteiger partial charge in [-0.25, -0.2) is 0 Å². The van der Waals surface area contributed by atoms with Gasteiger partial charge in [0, 0.05) is 12.0 Å². The van der Waals surface area contributed by atoms with E-state index in [4.69, 9.17) is 0 Å². The van der Waals surface area contributed by atoms with Crippen molar-refractivity contribution in [2.24, 2.45) is 0 Å². The molecule has 1 saturated heterocycles. The predicted molar refractivity (Wildman–Crippen MR) is 49.1 cm³/mol. The average Bonchev–Trinajstić information content (AvgIpc) is 2.31. The van der Waals surface area contributed by atoms with Crippen LogP contribution in [0.5, 0.6) is 0 Å². The van der Waals surface area contributed by atoms with Crippen molar-refractivity contribution in [2.75, 3.05) is 0 Å². The van der Waals surface area contributed by atoms with Gasteiger partial charge in [0.25, 0.3) is 0 Å². The average molecular weight is 184 g/mol. The normalized spacial score (nSPS) is 22.7. The van der Waals surface area contributed by atoms with Crippen LogP contribution in [0.15, 0.2) is 0 Å². The van der Waals surface area contributed by atoms with Crippen molar-refractivity contribution in [1.82, 2.24) is 10.6 Å². The van der Waals surface area contributed by atoms with Crippen molar-refractivity contribution < 1.29 is 9.59 Å². The molecule has 2 amide bonds. The molecule has 1 heterocycles. The van der Waals surface area contributed by atoms with E-state index in [0.717, 1.165) is 0 Å². The van der Waals surface area contributed by atoms with Crippen LogP contribution in [0.2, 0.25) is 0 Å². The Kier molecular flexibility index (Phi) is 2.59. The SMILES string of the molecule is CC(C)(C)NC(=O)[C@@H]1CCC(=O)N1. The fraction of sp³-hybridized carbons (Fsp3) is 0.778. The van der Waals surface area contributed by atoms with Crippen LogP contribution in [-0.2, 0) is 9.59 Å². The van der Waals surface area contributed by atoms with Gasteiger partial charge in [0.15, 0.2) is 0 Å². The third kappa shape index (κ3) is 3.05. The summed E-state index contributed by atoms with van der Waals surface area (Å²) in [4.78, 5) is 22.3. The highest BCUT2D eigenvalue weighted by Crippen LogP contribution is 2.08. The number of nitrogens with one attached hydrogen (secondary N) is 2. The molecule has 1 aliphatic rings. The van der Waals surface area contributed by atoms with Crippen molar-refractivity contribution in [1.29, 1.82) is 0 Å².